The van der Waals surface area contributed by atoms with Gasteiger partial charge in [0.1, 0.15) is 0 Å². The van der Waals surface area contributed by atoms with Gasteiger partial charge in [-0.1, -0.05) is 30.3 Å². The van der Waals surface area contributed by atoms with Crippen LogP contribution in [0.5, 0.6) is 0 Å². The number of hydrogen-bond donors (Lipinski definition) is 1. The molecule has 16 heavy (non-hydrogen) atoms. The average Bonchev–Trinajstić information content (AvgIpc) is 2.74. The second-order valence-corrected chi connectivity index (χ2v) is 3.62. The molecule has 2 rings (SSSR count). The number of benzene rings is 1. The number of carbonyl (C=O) groups excluding carboxylic acids is 1. The Hall–Kier alpha value is -1.74. The van der Waals surface area contributed by atoms with Gasteiger partial charge in [0.15, 0.2) is 0 Å². The Bertz CT molecular complexity index is 479. The van der Waals surface area contributed by atoms with Gasteiger partial charge < -0.3 is 9.73 Å². The van der Waals surface area contributed by atoms with Crippen LogP contribution < -0.4 is 5.32 Å². The third-order valence-electron chi connectivity index (χ3n) is 2.16. The maximum absolute atomic E-state index is 11.6. The lowest BCUT2D eigenvalue weighted by Gasteiger charge is -2.03. The number of halogens is 1. The third kappa shape index (κ3) is 2.44. The number of furan rings is 1. The van der Waals surface area contributed by atoms with Crippen molar-refractivity contribution in [2.24, 2.45) is 0 Å². The quantitative estimate of drug-likeness (QED) is 0.889. The fraction of sp³-hybridized carbons (Fsp3) is 0.0833. The summed E-state index contributed by atoms with van der Waals surface area (Å²) < 4.78 is 4.84. The molecule has 0 saturated carbocycles. The molecule has 0 radical (unpaired) electrons. The van der Waals surface area contributed by atoms with Crippen LogP contribution in [-0.2, 0) is 6.54 Å². The highest BCUT2D eigenvalue weighted by Crippen LogP contribution is 2.16. The highest BCUT2D eigenvalue weighted by molar-refractivity contribution is 6.32. The van der Waals surface area contributed by atoms with Crippen LogP contribution in [0, 0.1) is 0 Å². The predicted molar refractivity (Wildman–Crippen MR) is 61.3 cm³/mol. The van der Waals surface area contributed by atoms with Gasteiger partial charge >= 0.3 is 0 Å². The standard InChI is InChI=1S/C12H10ClNO2/c13-11-10(6-7-16-11)12(15)14-8-9-4-2-1-3-5-9/h1-7H,8H2,(H,14,15). The van der Waals surface area contributed by atoms with E-state index in [1.807, 2.05) is 30.3 Å². The van der Waals surface area contributed by atoms with Gasteiger partial charge in [-0.3, -0.25) is 4.79 Å². The number of carbonyl (C=O) groups is 1. The first-order chi connectivity index (χ1) is 7.77. The first-order valence-corrected chi connectivity index (χ1v) is 5.20. The van der Waals surface area contributed by atoms with E-state index in [0.29, 0.717) is 12.1 Å². The summed E-state index contributed by atoms with van der Waals surface area (Å²) in [6.07, 6.45) is 1.39. The molecule has 0 aliphatic heterocycles. The van der Waals surface area contributed by atoms with E-state index in [2.05, 4.69) is 5.32 Å². The zero-order chi connectivity index (χ0) is 11.4. The summed E-state index contributed by atoms with van der Waals surface area (Å²) in [5.74, 6) is -0.234. The summed E-state index contributed by atoms with van der Waals surface area (Å²) in [5, 5.41) is 2.88. The Morgan fingerprint density at radius 3 is 2.62 bits per heavy atom. The summed E-state index contributed by atoms with van der Waals surface area (Å²) in [6.45, 7) is 0.473. The number of amides is 1. The minimum absolute atomic E-state index is 0.116. The Balaban J connectivity index is 1.97. The lowest BCUT2D eigenvalue weighted by Crippen LogP contribution is -2.22. The van der Waals surface area contributed by atoms with E-state index in [1.165, 1.54) is 6.26 Å². The van der Waals surface area contributed by atoms with Crippen molar-refractivity contribution in [2.45, 2.75) is 6.54 Å². The molecule has 1 aromatic heterocycles. The van der Waals surface area contributed by atoms with Gasteiger partial charge in [0.2, 0.25) is 5.22 Å². The highest BCUT2D eigenvalue weighted by atomic mass is 35.5. The molecule has 2 aromatic rings. The first-order valence-electron chi connectivity index (χ1n) is 4.82. The summed E-state index contributed by atoms with van der Waals surface area (Å²) in [4.78, 5) is 11.6. The van der Waals surface area contributed by atoms with Crippen molar-refractivity contribution in [2.75, 3.05) is 0 Å². The van der Waals surface area contributed by atoms with Crippen molar-refractivity contribution in [1.82, 2.24) is 5.32 Å². The van der Waals surface area contributed by atoms with E-state index < -0.39 is 0 Å². The van der Waals surface area contributed by atoms with E-state index in [4.69, 9.17) is 16.0 Å². The Morgan fingerprint density at radius 1 is 1.25 bits per heavy atom. The molecule has 0 spiro atoms. The Labute approximate surface area is 98.0 Å². The van der Waals surface area contributed by atoms with Crippen LogP contribution in [0.1, 0.15) is 15.9 Å². The Morgan fingerprint density at radius 2 is 2.00 bits per heavy atom. The molecule has 82 valence electrons. The van der Waals surface area contributed by atoms with Crippen LogP contribution in [-0.4, -0.2) is 5.91 Å². The van der Waals surface area contributed by atoms with Crippen LogP contribution in [0.4, 0.5) is 0 Å². The summed E-state index contributed by atoms with van der Waals surface area (Å²) in [5.41, 5.74) is 1.40. The van der Waals surface area contributed by atoms with E-state index in [-0.39, 0.29) is 11.1 Å². The topological polar surface area (TPSA) is 42.2 Å². The number of rotatable bonds is 3. The third-order valence-corrected chi connectivity index (χ3v) is 2.45. The van der Waals surface area contributed by atoms with Gasteiger partial charge in [0, 0.05) is 6.54 Å². The van der Waals surface area contributed by atoms with Gasteiger partial charge in [-0.15, -0.1) is 0 Å². The van der Waals surface area contributed by atoms with Gasteiger partial charge in [0.05, 0.1) is 11.8 Å². The van der Waals surface area contributed by atoms with Crippen LogP contribution in [0.2, 0.25) is 5.22 Å². The van der Waals surface area contributed by atoms with E-state index >= 15 is 0 Å². The van der Waals surface area contributed by atoms with Crippen molar-refractivity contribution < 1.29 is 9.21 Å². The van der Waals surface area contributed by atoms with E-state index in [9.17, 15) is 4.79 Å². The fourth-order valence-electron chi connectivity index (χ4n) is 1.33. The van der Waals surface area contributed by atoms with Crippen LogP contribution >= 0.6 is 11.6 Å². The highest BCUT2D eigenvalue weighted by Gasteiger charge is 2.11. The first kappa shape index (κ1) is 10.8. The molecule has 0 unspecified atom stereocenters. The molecule has 0 aliphatic carbocycles. The van der Waals surface area contributed by atoms with E-state index in [1.54, 1.807) is 6.07 Å². The van der Waals surface area contributed by atoms with Crippen LogP contribution in [0.25, 0.3) is 0 Å². The molecule has 1 amide bonds. The molecule has 0 aliphatic rings. The number of nitrogens with one attached hydrogen (secondary N) is 1. The van der Waals surface area contributed by atoms with Crippen LogP contribution in [0.15, 0.2) is 47.1 Å². The SMILES string of the molecule is O=C(NCc1ccccc1)c1ccoc1Cl. The molecule has 0 fully saturated rings. The van der Waals surface area contributed by atoms with Gasteiger partial charge in [-0.25, -0.2) is 0 Å². The minimum Gasteiger partial charge on any atom is -0.452 e. The smallest absolute Gasteiger partial charge is 0.256 e. The molecular weight excluding hydrogens is 226 g/mol. The lowest BCUT2D eigenvalue weighted by molar-refractivity contribution is 0.0950. The van der Waals surface area contributed by atoms with Crippen molar-refractivity contribution in [3.8, 4) is 0 Å². The summed E-state index contributed by atoms with van der Waals surface area (Å²) >= 11 is 5.69. The normalized spacial score (nSPS) is 10.1. The zero-order valence-corrected chi connectivity index (χ0v) is 9.20. The molecule has 3 nitrogen and oxygen atoms in total. The number of hydrogen-bond acceptors (Lipinski definition) is 2. The molecule has 0 bridgehead atoms. The summed E-state index contributed by atoms with van der Waals surface area (Å²) in [6, 6.07) is 11.2. The van der Waals surface area contributed by atoms with E-state index in [0.717, 1.165) is 5.56 Å². The maximum atomic E-state index is 11.6. The van der Waals surface area contributed by atoms with Gasteiger partial charge in [-0.2, -0.15) is 0 Å². The molecule has 4 heteroatoms. The maximum Gasteiger partial charge on any atom is 0.256 e. The molecular formula is C12H10ClNO2. The molecule has 1 aromatic carbocycles. The second-order valence-electron chi connectivity index (χ2n) is 3.28. The lowest BCUT2D eigenvalue weighted by atomic mass is 10.2. The van der Waals surface area contributed by atoms with Gasteiger partial charge in [-0.05, 0) is 23.2 Å². The largest absolute Gasteiger partial charge is 0.452 e. The molecule has 0 atom stereocenters. The van der Waals surface area contributed by atoms with Crippen molar-refractivity contribution in [3.05, 3.63) is 59.0 Å². The zero-order valence-electron chi connectivity index (χ0n) is 8.44. The monoisotopic (exact) mass is 235 g/mol. The van der Waals surface area contributed by atoms with Gasteiger partial charge in [0.25, 0.3) is 5.91 Å². The molecule has 1 heterocycles. The average molecular weight is 236 g/mol. The van der Waals surface area contributed by atoms with Crippen LogP contribution in [0.3, 0.4) is 0 Å². The second kappa shape index (κ2) is 4.86. The Kier molecular flexibility index (Phi) is 3.27. The minimum atomic E-state index is -0.234. The van der Waals surface area contributed by atoms with Crippen molar-refractivity contribution >= 4 is 17.5 Å². The predicted octanol–water partition coefficient (Wildman–Crippen LogP) is 2.86. The van der Waals surface area contributed by atoms with Crippen molar-refractivity contribution in [3.63, 3.8) is 0 Å². The summed E-state index contributed by atoms with van der Waals surface area (Å²) in [7, 11) is 0. The fourth-order valence-corrected chi connectivity index (χ4v) is 1.53. The van der Waals surface area contributed by atoms with Crippen molar-refractivity contribution in [1.29, 1.82) is 0 Å². The molecule has 0 saturated heterocycles. The molecule has 1 N–H and O–H groups in total.